The first-order valence-corrected chi connectivity index (χ1v) is 4.70. The number of hydrogen-bond donors (Lipinski definition) is 1. The van der Waals surface area contributed by atoms with Gasteiger partial charge in [0, 0.05) is 28.9 Å². The summed E-state index contributed by atoms with van der Waals surface area (Å²) in [4.78, 5) is 0. The molecule has 0 aliphatic rings. The molecule has 1 N–H and O–H groups in total. The monoisotopic (exact) mass is 160 g/mol. The molecule has 0 aliphatic carbocycles. The summed E-state index contributed by atoms with van der Waals surface area (Å²) >= 11 is 0. The zero-order valence-electron chi connectivity index (χ0n) is 6.26. The van der Waals surface area contributed by atoms with Crippen LogP contribution in [0.1, 0.15) is 6.92 Å². The molecule has 58 valence electrons. The van der Waals surface area contributed by atoms with Gasteiger partial charge in [-0.2, -0.15) is 5.26 Å². The minimum absolute atomic E-state index is 0.133. The van der Waals surface area contributed by atoms with E-state index in [4.69, 9.17) is 5.26 Å². The predicted molar refractivity (Wildman–Crippen MR) is 42.0 cm³/mol. The van der Waals surface area contributed by atoms with Crippen molar-refractivity contribution < 1.29 is 4.21 Å². The molecule has 0 fully saturated rings. The second-order valence-electron chi connectivity index (χ2n) is 2.10. The van der Waals surface area contributed by atoms with Gasteiger partial charge in [0.25, 0.3) is 0 Å². The Morgan fingerprint density at radius 2 is 2.40 bits per heavy atom. The van der Waals surface area contributed by atoms with E-state index in [1.165, 1.54) is 0 Å². The number of nitriles is 1. The zero-order chi connectivity index (χ0) is 7.98. The molecule has 0 bridgehead atoms. The maximum atomic E-state index is 10.7. The summed E-state index contributed by atoms with van der Waals surface area (Å²) in [6, 6.07) is 1.95. The SMILES string of the molecule is CC(CNCC#N)S(C)=O. The van der Waals surface area contributed by atoms with Crippen LogP contribution in [0.5, 0.6) is 0 Å². The number of nitrogens with one attached hydrogen (secondary N) is 1. The molecule has 0 saturated heterocycles. The molecule has 0 amide bonds. The fourth-order valence-electron chi connectivity index (χ4n) is 0.449. The number of nitrogens with zero attached hydrogens (tertiary/aromatic N) is 1. The van der Waals surface area contributed by atoms with Crippen molar-refractivity contribution in [2.24, 2.45) is 0 Å². The Morgan fingerprint density at radius 1 is 1.80 bits per heavy atom. The Kier molecular flexibility index (Phi) is 5.17. The summed E-state index contributed by atoms with van der Waals surface area (Å²) in [6.07, 6.45) is 1.67. The van der Waals surface area contributed by atoms with Crippen LogP contribution in [0.2, 0.25) is 0 Å². The molecule has 0 spiro atoms. The van der Waals surface area contributed by atoms with Gasteiger partial charge in [-0.25, -0.2) is 0 Å². The van der Waals surface area contributed by atoms with Gasteiger partial charge in [0.2, 0.25) is 0 Å². The molecule has 2 unspecified atom stereocenters. The maximum absolute atomic E-state index is 10.7. The Bertz CT molecular complexity index is 152. The zero-order valence-corrected chi connectivity index (χ0v) is 7.07. The van der Waals surface area contributed by atoms with Crippen LogP contribution in [0.4, 0.5) is 0 Å². The normalized spacial score (nSPS) is 15.7. The highest BCUT2D eigenvalue weighted by Crippen LogP contribution is 1.88. The van der Waals surface area contributed by atoms with Crippen LogP contribution in [0, 0.1) is 11.3 Å². The van der Waals surface area contributed by atoms with E-state index in [9.17, 15) is 4.21 Å². The van der Waals surface area contributed by atoms with Gasteiger partial charge >= 0.3 is 0 Å². The number of hydrogen-bond acceptors (Lipinski definition) is 3. The van der Waals surface area contributed by atoms with Crippen LogP contribution in [0.25, 0.3) is 0 Å². The maximum Gasteiger partial charge on any atom is 0.0841 e. The molecule has 0 heterocycles. The van der Waals surface area contributed by atoms with Gasteiger partial charge in [-0.1, -0.05) is 0 Å². The van der Waals surface area contributed by atoms with Crippen molar-refractivity contribution in [3.63, 3.8) is 0 Å². The quantitative estimate of drug-likeness (QED) is 0.460. The fourth-order valence-corrected chi connectivity index (χ4v) is 0.801. The lowest BCUT2D eigenvalue weighted by molar-refractivity contribution is 0.664. The summed E-state index contributed by atoms with van der Waals surface area (Å²) in [7, 11) is -0.786. The molecule has 0 rings (SSSR count). The minimum Gasteiger partial charge on any atom is -0.303 e. The van der Waals surface area contributed by atoms with Crippen molar-refractivity contribution in [1.82, 2.24) is 5.32 Å². The van der Waals surface area contributed by atoms with Crippen LogP contribution in [-0.4, -0.2) is 28.8 Å². The van der Waals surface area contributed by atoms with E-state index in [2.05, 4.69) is 5.32 Å². The summed E-state index contributed by atoms with van der Waals surface area (Å²) in [5, 5.41) is 11.1. The Hall–Kier alpha value is -0.400. The molecule has 0 aromatic rings. The Labute approximate surface area is 63.9 Å². The topological polar surface area (TPSA) is 52.9 Å². The third-order valence-electron chi connectivity index (χ3n) is 1.20. The van der Waals surface area contributed by atoms with Crippen molar-refractivity contribution in [3.05, 3.63) is 0 Å². The van der Waals surface area contributed by atoms with Crippen LogP contribution >= 0.6 is 0 Å². The Balaban J connectivity index is 3.32. The van der Waals surface area contributed by atoms with Gasteiger partial charge in [-0.3, -0.25) is 4.21 Å². The lowest BCUT2D eigenvalue weighted by Crippen LogP contribution is -2.27. The molecule has 3 nitrogen and oxygen atoms in total. The smallest absolute Gasteiger partial charge is 0.0841 e. The van der Waals surface area contributed by atoms with Crippen molar-refractivity contribution in [3.8, 4) is 6.07 Å². The largest absolute Gasteiger partial charge is 0.303 e. The lowest BCUT2D eigenvalue weighted by atomic mass is 10.5. The van der Waals surface area contributed by atoms with Gasteiger partial charge in [-0.15, -0.1) is 0 Å². The van der Waals surface area contributed by atoms with E-state index in [1.807, 2.05) is 13.0 Å². The van der Waals surface area contributed by atoms with Crippen molar-refractivity contribution in [2.75, 3.05) is 19.3 Å². The van der Waals surface area contributed by atoms with Gasteiger partial charge in [0.15, 0.2) is 0 Å². The fraction of sp³-hybridized carbons (Fsp3) is 0.833. The third kappa shape index (κ3) is 4.48. The summed E-state index contributed by atoms with van der Waals surface area (Å²) < 4.78 is 10.7. The van der Waals surface area contributed by atoms with Crippen molar-refractivity contribution >= 4 is 10.8 Å². The molecule has 0 radical (unpaired) electrons. The van der Waals surface area contributed by atoms with Crippen molar-refractivity contribution in [2.45, 2.75) is 12.2 Å². The molecule has 0 saturated carbocycles. The highest BCUT2D eigenvalue weighted by atomic mass is 32.2. The van der Waals surface area contributed by atoms with Gasteiger partial charge in [-0.05, 0) is 6.92 Å². The molecule has 2 atom stereocenters. The van der Waals surface area contributed by atoms with Crippen LogP contribution < -0.4 is 5.32 Å². The highest BCUT2D eigenvalue weighted by Gasteiger charge is 2.03. The highest BCUT2D eigenvalue weighted by molar-refractivity contribution is 7.84. The predicted octanol–water partition coefficient (Wildman–Crippen LogP) is -0.133. The molecule has 4 heteroatoms. The van der Waals surface area contributed by atoms with Gasteiger partial charge in [0.1, 0.15) is 0 Å². The average molecular weight is 160 g/mol. The van der Waals surface area contributed by atoms with Crippen LogP contribution in [0.3, 0.4) is 0 Å². The van der Waals surface area contributed by atoms with Gasteiger partial charge in [0.05, 0.1) is 12.6 Å². The first-order valence-electron chi connectivity index (χ1n) is 3.08. The second-order valence-corrected chi connectivity index (χ2v) is 3.90. The molecule has 10 heavy (non-hydrogen) atoms. The number of rotatable bonds is 4. The first-order chi connectivity index (χ1) is 4.68. The van der Waals surface area contributed by atoms with E-state index >= 15 is 0 Å². The van der Waals surface area contributed by atoms with E-state index in [1.54, 1.807) is 6.26 Å². The lowest BCUT2D eigenvalue weighted by Gasteiger charge is -2.05. The molecular weight excluding hydrogens is 148 g/mol. The summed E-state index contributed by atoms with van der Waals surface area (Å²) in [6.45, 7) is 2.87. The van der Waals surface area contributed by atoms with E-state index in [-0.39, 0.29) is 5.25 Å². The van der Waals surface area contributed by atoms with Crippen LogP contribution in [-0.2, 0) is 10.8 Å². The van der Waals surface area contributed by atoms with E-state index in [0.29, 0.717) is 13.1 Å². The van der Waals surface area contributed by atoms with Gasteiger partial charge < -0.3 is 5.32 Å². The molecule has 0 aliphatic heterocycles. The minimum atomic E-state index is -0.786. The second kappa shape index (κ2) is 5.39. The summed E-state index contributed by atoms with van der Waals surface area (Å²) in [5.74, 6) is 0. The Morgan fingerprint density at radius 3 is 2.80 bits per heavy atom. The van der Waals surface area contributed by atoms with Crippen molar-refractivity contribution in [1.29, 1.82) is 5.26 Å². The molecular formula is C6H12N2OS. The first kappa shape index (κ1) is 9.60. The van der Waals surface area contributed by atoms with E-state index in [0.717, 1.165) is 0 Å². The third-order valence-corrected chi connectivity index (χ3v) is 2.50. The average Bonchev–Trinajstić information content (AvgIpc) is 1.88. The molecule has 0 aromatic heterocycles. The van der Waals surface area contributed by atoms with E-state index < -0.39 is 10.8 Å². The molecule has 0 aromatic carbocycles. The summed E-state index contributed by atoms with van der Waals surface area (Å²) in [5.41, 5.74) is 0. The standard InChI is InChI=1S/C6H12N2OS/c1-6(10(2)9)5-8-4-3-7/h6,8H,4-5H2,1-2H3. The van der Waals surface area contributed by atoms with Crippen LogP contribution in [0.15, 0.2) is 0 Å².